The van der Waals surface area contributed by atoms with Crippen molar-refractivity contribution in [2.24, 2.45) is 5.41 Å². The maximum atomic E-state index is 12.3. The van der Waals surface area contributed by atoms with E-state index in [-0.39, 0.29) is 11.3 Å². The van der Waals surface area contributed by atoms with Crippen molar-refractivity contribution in [1.82, 2.24) is 9.47 Å². The first-order valence-corrected chi connectivity index (χ1v) is 7.78. The van der Waals surface area contributed by atoms with E-state index in [0.29, 0.717) is 6.42 Å². The largest absolute Gasteiger partial charge is 0.347 e. The molecule has 1 aliphatic heterocycles. The third kappa shape index (κ3) is 2.97. The van der Waals surface area contributed by atoms with E-state index in [1.807, 2.05) is 4.90 Å². The topological polar surface area (TPSA) is 25.2 Å². The number of likely N-dealkylation sites (tertiary alicyclic amines) is 1. The number of hydrogen-bond acceptors (Lipinski definition) is 1. The number of rotatable bonds is 3. The Kier molecular flexibility index (Phi) is 3.52. The van der Waals surface area contributed by atoms with Crippen molar-refractivity contribution in [1.29, 1.82) is 0 Å². The van der Waals surface area contributed by atoms with E-state index in [9.17, 15) is 4.79 Å². The van der Waals surface area contributed by atoms with Crippen molar-refractivity contribution in [3.63, 3.8) is 0 Å². The van der Waals surface area contributed by atoms with Gasteiger partial charge in [0.25, 0.3) is 0 Å². The summed E-state index contributed by atoms with van der Waals surface area (Å²) in [7, 11) is 0. The van der Waals surface area contributed by atoms with Crippen LogP contribution in [-0.2, 0) is 11.3 Å². The van der Waals surface area contributed by atoms with Crippen molar-refractivity contribution in [2.75, 3.05) is 13.1 Å². The average molecular weight is 284 g/mol. The molecule has 0 spiro atoms. The lowest BCUT2D eigenvalue weighted by molar-refractivity contribution is -0.130. The van der Waals surface area contributed by atoms with E-state index in [0.717, 1.165) is 26.1 Å². The van der Waals surface area contributed by atoms with Crippen molar-refractivity contribution < 1.29 is 4.79 Å². The van der Waals surface area contributed by atoms with Crippen LogP contribution >= 0.6 is 0 Å². The highest BCUT2D eigenvalue weighted by Crippen LogP contribution is 2.29. The molecule has 112 valence electrons. The summed E-state index contributed by atoms with van der Waals surface area (Å²) >= 11 is 0. The molecule has 0 N–H and O–H groups in total. The minimum Gasteiger partial charge on any atom is -0.347 e. The van der Waals surface area contributed by atoms with Crippen LogP contribution in [0, 0.1) is 12.3 Å². The number of benzene rings is 1. The van der Waals surface area contributed by atoms with Gasteiger partial charge < -0.3 is 9.47 Å². The SMILES string of the molecule is Cc1ccc2c(ccn2CCC(=O)N2CCC(C)(C)C2)c1. The number of aryl methyl sites for hydroxylation is 2. The van der Waals surface area contributed by atoms with Gasteiger partial charge in [0, 0.05) is 37.8 Å². The molecule has 2 aromatic rings. The van der Waals surface area contributed by atoms with Gasteiger partial charge in [-0.2, -0.15) is 0 Å². The Balaban J connectivity index is 1.65. The molecule has 0 saturated carbocycles. The van der Waals surface area contributed by atoms with Crippen LogP contribution in [0.15, 0.2) is 30.5 Å². The molecular formula is C18H24N2O. The van der Waals surface area contributed by atoms with Crippen LogP contribution in [0.1, 0.15) is 32.3 Å². The van der Waals surface area contributed by atoms with Crippen LogP contribution < -0.4 is 0 Å². The highest BCUT2D eigenvalue weighted by molar-refractivity contribution is 5.81. The highest BCUT2D eigenvalue weighted by atomic mass is 16.2. The van der Waals surface area contributed by atoms with Crippen LogP contribution in [0.4, 0.5) is 0 Å². The second-order valence-electron chi connectivity index (χ2n) is 7.05. The van der Waals surface area contributed by atoms with Gasteiger partial charge in [-0.3, -0.25) is 4.79 Å². The number of nitrogens with zero attached hydrogens (tertiary/aromatic N) is 2. The molecule has 1 amide bonds. The molecule has 1 aromatic heterocycles. The van der Waals surface area contributed by atoms with Gasteiger partial charge in [-0.05, 0) is 42.3 Å². The molecule has 0 atom stereocenters. The van der Waals surface area contributed by atoms with E-state index in [1.54, 1.807) is 0 Å². The lowest BCUT2D eigenvalue weighted by Crippen LogP contribution is -2.30. The van der Waals surface area contributed by atoms with Crippen LogP contribution in [0.3, 0.4) is 0 Å². The third-order valence-corrected chi connectivity index (χ3v) is 4.52. The van der Waals surface area contributed by atoms with Crippen LogP contribution in [0.5, 0.6) is 0 Å². The summed E-state index contributed by atoms with van der Waals surface area (Å²) in [6, 6.07) is 8.60. The zero-order valence-corrected chi connectivity index (χ0v) is 13.2. The predicted molar refractivity (Wildman–Crippen MR) is 86.3 cm³/mol. The fourth-order valence-corrected chi connectivity index (χ4v) is 3.21. The number of carbonyl (C=O) groups is 1. The summed E-state index contributed by atoms with van der Waals surface area (Å²) < 4.78 is 2.19. The van der Waals surface area contributed by atoms with Gasteiger partial charge in [0.05, 0.1) is 0 Å². The third-order valence-electron chi connectivity index (χ3n) is 4.52. The Labute approximate surface area is 126 Å². The molecule has 3 nitrogen and oxygen atoms in total. The van der Waals surface area contributed by atoms with Crippen molar-refractivity contribution >= 4 is 16.8 Å². The minimum atomic E-state index is 0.285. The van der Waals surface area contributed by atoms with Crippen LogP contribution in [0.2, 0.25) is 0 Å². The van der Waals surface area contributed by atoms with Gasteiger partial charge in [0.15, 0.2) is 0 Å². The van der Waals surface area contributed by atoms with Crippen LogP contribution in [-0.4, -0.2) is 28.5 Å². The van der Waals surface area contributed by atoms with Gasteiger partial charge in [0.2, 0.25) is 5.91 Å². The normalized spacial score (nSPS) is 17.6. The Morgan fingerprint density at radius 1 is 1.29 bits per heavy atom. The van der Waals surface area contributed by atoms with E-state index < -0.39 is 0 Å². The zero-order chi connectivity index (χ0) is 15.0. The fourth-order valence-electron chi connectivity index (χ4n) is 3.21. The number of fused-ring (bicyclic) bond motifs is 1. The molecule has 0 unspecified atom stereocenters. The second-order valence-corrected chi connectivity index (χ2v) is 7.05. The zero-order valence-electron chi connectivity index (χ0n) is 13.2. The van der Waals surface area contributed by atoms with Crippen molar-refractivity contribution in [3.05, 3.63) is 36.0 Å². The summed E-state index contributed by atoms with van der Waals surface area (Å²) in [5.41, 5.74) is 2.78. The summed E-state index contributed by atoms with van der Waals surface area (Å²) in [5, 5.41) is 1.25. The fraction of sp³-hybridized carbons (Fsp3) is 0.500. The molecule has 0 bridgehead atoms. The molecule has 1 saturated heterocycles. The van der Waals surface area contributed by atoms with E-state index in [1.165, 1.54) is 16.5 Å². The molecule has 2 heterocycles. The number of carbonyl (C=O) groups excluding carboxylic acids is 1. The molecule has 0 aliphatic carbocycles. The quantitative estimate of drug-likeness (QED) is 0.845. The minimum absolute atomic E-state index is 0.285. The molecule has 1 fully saturated rings. The number of aromatic nitrogens is 1. The van der Waals surface area contributed by atoms with Gasteiger partial charge in [-0.25, -0.2) is 0 Å². The molecular weight excluding hydrogens is 260 g/mol. The number of amides is 1. The molecule has 1 aromatic carbocycles. The first-order chi connectivity index (χ1) is 9.94. The summed E-state index contributed by atoms with van der Waals surface area (Å²) in [5.74, 6) is 0.287. The number of hydrogen-bond donors (Lipinski definition) is 0. The van der Waals surface area contributed by atoms with E-state index in [2.05, 4.69) is 55.8 Å². The Bertz CT molecular complexity index is 669. The lowest BCUT2D eigenvalue weighted by Gasteiger charge is -2.20. The van der Waals surface area contributed by atoms with Gasteiger partial charge >= 0.3 is 0 Å². The highest BCUT2D eigenvalue weighted by Gasteiger charge is 2.31. The molecule has 3 rings (SSSR count). The van der Waals surface area contributed by atoms with Gasteiger partial charge in [0.1, 0.15) is 0 Å². The Morgan fingerprint density at radius 3 is 2.81 bits per heavy atom. The summed E-state index contributed by atoms with van der Waals surface area (Å²) in [6.45, 7) is 9.16. The first-order valence-electron chi connectivity index (χ1n) is 7.78. The summed E-state index contributed by atoms with van der Waals surface area (Å²) in [6.07, 6.45) is 3.80. The average Bonchev–Trinajstić information content (AvgIpc) is 2.99. The van der Waals surface area contributed by atoms with Crippen molar-refractivity contribution in [3.8, 4) is 0 Å². The summed E-state index contributed by atoms with van der Waals surface area (Å²) in [4.78, 5) is 14.4. The lowest BCUT2D eigenvalue weighted by atomic mass is 9.93. The molecule has 3 heteroatoms. The standard InChI is InChI=1S/C18H24N2O/c1-14-4-5-16-15(12-14)6-9-19(16)10-7-17(21)20-11-8-18(2,3)13-20/h4-6,9,12H,7-8,10-11,13H2,1-3H3. The maximum Gasteiger partial charge on any atom is 0.224 e. The van der Waals surface area contributed by atoms with E-state index >= 15 is 0 Å². The first kappa shape index (κ1) is 14.2. The predicted octanol–water partition coefficient (Wildman–Crippen LogP) is 3.60. The smallest absolute Gasteiger partial charge is 0.224 e. The monoisotopic (exact) mass is 284 g/mol. The molecule has 0 radical (unpaired) electrons. The molecule has 21 heavy (non-hydrogen) atoms. The van der Waals surface area contributed by atoms with Gasteiger partial charge in [-0.15, -0.1) is 0 Å². The maximum absolute atomic E-state index is 12.3. The second kappa shape index (κ2) is 5.21. The van der Waals surface area contributed by atoms with E-state index in [4.69, 9.17) is 0 Å². The van der Waals surface area contributed by atoms with Crippen LogP contribution in [0.25, 0.3) is 10.9 Å². The molecule has 1 aliphatic rings. The Morgan fingerprint density at radius 2 is 2.10 bits per heavy atom. The van der Waals surface area contributed by atoms with Crippen molar-refractivity contribution in [2.45, 2.75) is 40.2 Å². The van der Waals surface area contributed by atoms with Gasteiger partial charge in [-0.1, -0.05) is 25.5 Å². The Hall–Kier alpha value is -1.77.